The maximum atomic E-state index is 12.0. The second-order valence-electron chi connectivity index (χ2n) is 4.14. The predicted molar refractivity (Wildman–Crippen MR) is 56.1 cm³/mol. The molecule has 82 valence electrons. The summed E-state index contributed by atoms with van der Waals surface area (Å²) < 4.78 is 0. The van der Waals surface area contributed by atoms with Gasteiger partial charge in [-0.15, -0.1) is 6.58 Å². The van der Waals surface area contributed by atoms with Gasteiger partial charge in [0.15, 0.2) is 0 Å². The minimum Gasteiger partial charge on any atom is -0.329 e. The van der Waals surface area contributed by atoms with E-state index in [2.05, 4.69) is 6.58 Å². The summed E-state index contributed by atoms with van der Waals surface area (Å²) >= 11 is 0. The molecule has 0 radical (unpaired) electrons. The normalized spacial score (nSPS) is 30.7. The highest BCUT2D eigenvalue weighted by Crippen LogP contribution is 2.26. The largest absolute Gasteiger partial charge is 0.329 e. The lowest BCUT2D eigenvalue weighted by molar-refractivity contribution is -0.157. The fourth-order valence-corrected chi connectivity index (χ4v) is 2.43. The zero-order valence-electron chi connectivity index (χ0n) is 8.98. The van der Waals surface area contributed by atoms with Crippen LogP contribution in [0.15, 0.2) is 12.7 Å². The van der Waals surface area contributed by atoms with Gasteiger partial charge in [-0.05, 0) is 19.8 Å². The highest BCUT2D eigenvalue weighted by molar-refractivity contribution is 5.97. The van der Waals surface area contributed by atoms with Gasteiger partial charge in [0, 0.05) is 13.1 Å². The Labute approximate surface area is 89.5 Å². The number of rotatable bonds is 2. The maximum absolute atomic E-state index is 12.0. The first-order valence-corrected chi connectivity index (χ1v) is 5.38. The molecule has 2 rings (SSSR count). The molecular formula is C11H16N2O2. The molecule has 0 aromatic carbocycles. The molecule has 15 heavy (non-hydrogen) atoms. The van der Waals surface area contributed by atoms with Crippen molar-refractivity contribution < 1.29 is 9.59 Å². The van der Waals surface area contributed by atoms with E-state index < -0.39 is 0 Å². The Hall–Kier alpha value is -1.32. The molecule has 0 N–H and O–H groups in total. The Balaban J connectivity index is 2.25. The summed E-state index contributed by atoms with van der Waals surface area (Å²) in [5.74, 6) is 0.165. The van der Waals surface area contributed by atoms with Crippen molar-refractivity contribution in [1.29, 1.82) is 0 Å². The Morgan fingerprint density at radius 2 is 2.20 bits per heavy atom. The minimum atomic E-state index is -0.329. The predicted octanol–water partition coefficient (Wildman–Crippen LogP) is 0.394. The average Bonchev–Trinajstić information content (AvgIpc) is 2.70. The molecule has 0 aliphatic carbocycles. The van der Waals surface area contributed by atoms with Crippen LogP contribution in [-0.2, 0) is 9.59 Å². The first kappa shape index (κ1) is 10.2. The van der Waals surface area contributed by atoms with Crippen molar-refractivity contribution >= 4 is 11.8 Å². The molecule has 2 atom stereocenters. The van der Waals surface area contributed by atoms with E-state index in [0.717, 1.165) is 19.4 Å². The van der Waals surface area contributed by atoms with Crippen LogP contribution in [-0.4, -0.2) is 46.8 Å². The van der Waals surface area contributed by atoms with Gasteiger partial charge in [0.05, 0.1) is 0 Å². The molecule has 0 spiro atoms. The lowest BCUT2D eigenvalue weighted by atomic mass is 10.1. The summed E-state index contributed by atoms with van der Waals surface area (Å²) in [5, 5.41) is 0. The number of hydrogen-bond donors (Lipinski definition) is 0. The van der Waals surface area contributed by atoms with E-state index >= 15 is 0 Å². The van der Waals surface area contributed by atoms with E-state index in [1.807, 2.05) is 0 Å². The van der Waals surface area contributed by atoms with Crippen LogP contribution in [0.4, 0.5) is 0 Å². The lowest BCUT2D eigenvalue weighted by Gasteiger charge is -2.40. The first-order chi connectivity index (χ1) is 7.16. The second-order valence-corrected chi connectivity index (χ2v) is 4.14. The minimum absolute atomic E-state index is 0.0824. The molecule has 0 aromatic heterocycles. The van der Waals surface area contributed by atoms with Gasteiger partial charge in [0.2, 0.25) is 11.8 Å². The fourth-order valence-electron chi connectivity index (χ4n) is 2.43. The third-order valence-corrected chi connectivity index (χ3v) is 3.25. The Morgan fingerprint density at radius 1 is 1.47 bits per heavy atom. The van der Waals surface area contributed by atoms with Gasteiger partial charge in [-0.3, -0.25) is 9.59 Å². The summed E-state index contributed by atoms with van der Waals surface area (Å²) in [4.78, 5) is 27.3. The van der Waals surface area contributed by atoms with E-state index in [0.29, 0.717) is 6.54 Å². The summed E-state index contributed by atoms with van der Waals surface area (Å²) in [6, 6.07) is -0.529. The zero-order valence-corrected chi connectivity index (χ0v) is 8.98. The van der Waals surface area contributed by atoms with Crippen LogP contribution < -0.4 is 0 Å². The smallest absolute Gasteiger partial charge is 0.246 e. The molecule has 2 unspecified atom stereocenters. The molecule has 2 aliphatic rings. The monoisotopic (exact) mass is 208 g/mol. The van der Waals surface area contributed by atoms with Gasteiger partial charge in [0.25, 0.3) is 0 Å². The molecule has 2 heterocycles. The van der Waals surface area contributed by atoms with Crippen molar-refractivity contribution in [1.82, 2.24) is 9.80 Å². The van der Waals surface area contributed by atoms with Crippen LogP contribution >= 0.6 is 0 Å². The number of amides is 2. The van der Waals surface area contributed by atoms with Crippen molar-refractivity contribution in [2.75, 3.05) is 13.1 Å². The number of carbonyl (C=O) groups is 2. The number of nitrogens with zero attached hydrogens (tertiary/aromatic N) is 2. The molecular weight excluding hydrogens is 192 g/mol. The van der Waals surface area contributed by atoms with Gasteiger partial charge < -0.3 is 9.80 Å². The topological polar surface area (TPSA) is 40.6 Å². The number of fused-ring (bicyclic) bond motifs is 1. The third-order valence-electron chi connectivity index (χ3n) is 3.25. The van der Waals surface area contributed by atoms with Crippen LogP contribution in [0.1, 0.15) is 19.8 Å². The quantitative estimate of drug-likeness (QED) is 0.616. The Bertz CT molecular complexity index is 314. The van der Waals surface area contributed by atoms with Crippen molar-refractivity contribution in [3.05, 3.63) is 12.7 Å². The SMILES string of the molecule is C=CCN1C(=O)C2CCCN2C(=O)C1C. The van der Waals surface area contributed by atoms with Crippen molar-refractivity contribution in [2.45, 2.75) is 31.8 Å². The Kier molecular flexibility index (Phi) is 2.50. The third kappa shape index (κ3) is 1.44. The molecule has 2 fully saturated rings. The van der Waals surface area contributed by atoms with E-state index in [1.165, 1.54) is 0 Å². The van der Waals surface area contributed by atoms with E-state index in [9.17, 15) is 9.59 Å². The second kappa shape index (κ2) is 3.68. The Morgan fingerprint density at radius 3 is 2.87 bits per heavy atom. The van der Waals surface area contributed by atoms with Crippen LogP contribution in [0.5, 0.6) is 0 Å². The van der Waals surface area contributed by atoms with Crippen LogP contribution in [0.2, 0.25) is 0 Å². The van der Waals surface area contributed by atoms with Gasteiger partial charge in [0.1, 0.15) is 12.1 Å². The van der Waals surface area contributed by atoms with Crippen LogP contribution in [0.3, 0.4) is 0 Å². The van der Waals surface area contributed by atoms with Crippen LogP contribution in [0.25, 0.3) is 0 Å². The fraction of sp³-hybridized carbons (Fsp3) is 0.636. The summed E-state index contributed by atoms with van der Waals surface area (Å²) in [6.45, 7) is 6.61. The molecule has 2 aliphatic heterocycles. The van der Waals surface area contributed by atoms with E-state index in [4.69, 9.17) is 0 Å². The number of piperazine rings is 1. The summed E-state index contributed by atoms with van der Waals surface area (Å²) in [7, 11) is 0. The highest BCUT2D eigenvalue weighted by atomic mass is 16.2. The van der Waals surface area contributed by atoms with E-state index in [1.54, 1.807) is 22.8 Å². The van der Waals surface area contributed by atoms with Gasteiger partial charge in [-0.25, -0.2) is 0 Å². The molecule has 2 saturated heterocycles. The molecule has 0 saturated carbocycles. The zero-order chi connectivity index (χ0) is 11.0. The van der Waals surface area contributed by atoms with Gasteiger partial charge >= 0.3 is 0 Å². The van der Waals surface area contributed by atoms with Crippen molar-refractivity contribution in [3.63, 3.8) is 0 Å². The van der Waals surface area contributed by atoms with Crippen molar-refractivity contribution in [3.8, 4) is 0 Å². The first-order valence-electron chi connectivity index (χ1n) is 5.38. The van der Waals surface area contributed by atoms with Crippen molar-refractivity contribution in [2.24, 2.45) is 0 Å². The lowest BCUT2D eigenvalue weighted by Crippen LogP contribution is -2.61. The van der Waals surface area contributed by atoms with E-state index in [-0.39, 0.29) is 23.9 Å². The van der Waals surface area contributed by atoms with Crippen LogP contribution in [0, 0.1) is 0 Å². The standard InChI is InChI=1S/C11H16N2O2/c1-3-6-12-8(2)10(14)13-7-4-5-9(13)11(12)15/h3,8-9H,1,4-7H2,2H3. The molecule has 4 heteroatoms. The average molecular weight is 208 g/mol. The maximum Gasteiger partial charge on any atom is 0.246 e. The summed E-state index contributed by atoms with van der Waals surface area (Å²) in [5.41, 5.74) is 0. The molecule has 4 nitrogen and oxygen atoms in total. The number of carbonyl (C=O) groups excluding carboxylic acids is 2. The number of hydrogen-bond acceptors (Lipinski definition) is 2. The summed E-state index contributed by atoms with van der Waals surface area (Å²) in [6.07, 6.45) is 3.42. The molecule has 0 aromatic rings. The molecule has 2 amide bonds. The molecule has 0 bridgehead atoms. The highest BCUT2D eigenvalue weighted by Gasteiger charge is 2.45. The van der Waals surface area contributed by atoms with Gasteiger partial charge in [-0.2, -0.15) is 0 Å². The van der Waals surface area contributed by atoms with Gasteiger partial charge in [-0.1, -0.05) is 6.08 Å².